The molecule has 1 heterocycles. The summed E-state index contributed by atoms with van der Waals surface area (Å²) in [4.78, 5) is 12.1. The van der Waals surface area contributed by atoms with E-state index in [1.165, 1.54) is 30.1 Å². The first-order chi connectivity index (χ1) is 13.5. The minimum absolute atomic E-state index is 0.00442. The Bertz CT molecular complexity index is 597. The second-order valence-electron chi connectivity index (χ2n) is 7.18. The first kappa shape index (κ1) is 38.3. The van der Waals surface area contributed by atoms with Gasteiger partial charge in [-0.05, 0) is 0 Å². The molecule has 1 N–H and O–H groups in total. The van der Waals surface area contributed by atoms with E-state index in [9.17, 15) is 4.79 Å². The van der Waals surface area contributed by atoms with Crippen LogP contribution in [0.25, 0.3) is 0 Å². The number of ether oxygens (including phenoxy) is 1. The van der Waals surface area contributed by atoms with Gasteiger partial charge in [-0.3, -0.25) is 0 Å². The van der Waals surface area contributed by atoms with E-state index in [2.05, 4.69) is 79.0 Å². The fourth-order valence-corrected chi connectivity index (χ4v) is 5.36. The Hall–Kier alpha value is -1.35. The SMILES string of the molecule is CO[C](=[W])C1=C([Si](C)(C)C)CC(=O)NC1C(C)(C)C.[C-]#[O+].[C-]#[O+].[C-]#[O+].[C-]#[O+].[C-]#[O+]. The van der Waals surface area contributed by atoms with Crippen molar-refractivity contribution in [3.8, 4) is 0 Å². The van der Waals surface area contributed by atoms with Crippen molar-refractivity contribution in [1.29, 1.82) is 0 Å². The summed E-state index contributed by atoms with van der Waals surface area (Å²) in [5.41, 5.74) is 1.26. The summed E-state index contributed by atoms with van der Waals surface area (Å²) in [6, 6.07) is 0.0583. The van der Waals surface area contributed by atoms with Crippen molar-refractivity contribution >= 4 is 18.1 Å². The third kappa shape index (κ3) is 15.2. The summed E-state index contributed by atoms with van der Waals surface area (Å²) in [5, 5.41) is 4.51. The first-order valence-corrected chi connectivity index (χ1v) is 12.6. The second-order valence-corrected chi connectivity index (χ2v) is 13.6. The van der Waals surface area contributed by atoms with Gasteiger partial charge < -0.3 is 0 Å². The number of carbonyl (C=O) groups excluding carboxylic acids is 1. The summed E-state index contributed by atoms with van der Waals surface area (Å²) >= 11 is 1.33. The summed E-state index contributed by atoms with van der Waals surface area (Å²) in [6.45, 7) is 35.9. The Morgan fingerprint density at radius 3 is 1.59 bits per heavy atom. The zero-order valence-electron chi connectivity index (χ0n) is 17.6. The van der Waals surface area contributed by atoms with Crippen LogP contribution in [-0.4, -0.2) is 31.2 Å². The minimum atomic E-state index is -1.53. The average Bonchev–Trinajstić information content (AvgIpc) is 2.73. The fourth-order valence-electron chi connectivity index (χ4n) is 2.38. The number of nitrogens with one attached hydrogen (secondary N) is 1. The fraction of sp³-hybridized carbons (Fsp3) is 0.526. The number of methoxy groups -OCH3 is 1. The van der Waals surface area contributed by atoms with Crippen LogP contribution in [0.4, 0.5) is 0 Å². The molecule has 0 fully saturated rings. The Balaban J connectivity index is -0.000000167. The molecule has 1 rings (SSSR count). The summed E-state index contributed by atoms with van der Waals surface area (Å²) < 4.78 is 44.1. The maximum absolute atomic E-state index is 12.1. The number of hydrogen-bond donors (Lipinski definition) is 1. The molecule has 0 aromatic carbocycles. The van der Waals surface area contributed by atoms with Gasteiger partial charge >= 0.3 is 185 Å². The van der Waals surface area contributed by atoms with Gasteiger partial charge in [0.2, 0.25) is 0 Å². The molecule has 0 saturated carbocycles. The Morgan fingerprint density at radius 2 is 1.34 bits per heavy atom. The van der Waals surface area contributed by atoms with Crippen LogP contribution in [-0.2, 0) is 52.1 Å². The number of hydrogen-bond acceptors (Lipinski definition) is 2. The molecular weight excluding hydrogens is 566 g/mol. The third-order valence-corrected chi connectivity index (χ3v) is 7.08. The van der Waals surface area contributed by atoms with E-state index in [1.54, 1.807) is 7.11 Å². The van der Waals surface area contributed by atoms with E-state index < -0.39 is 8.07 Å². The molecule has 0 aromatic rings. The van der Waals surface area contributed by atoms with Gasteiger partial charge in [0.25, 0.3) is 0 Å². The molecule has 1 atom stereocenters. The number of rotatable bonds is 3. The van der Waals surface area contributed by atoms with Crippen LogP contribution in [0, 0.1) is 38.7 Å². The van der Waals surface area contributed by atoms with Crippen LogP contribution < -0.4 is 5.32 Å². The van der Waals surface area contributed by atoms with Crippen LogP contribution in [0.3, 0.4) is 0 Å². The zero-order valence-corrected chi connectivity index (χ0v) is 21.5. The number of carbonyl (C=O) groups is 1. The van der Waals surface area contributed by atoms with Gasteiger partial charge in [0.05, 0.1) is 0 Å². The van der Waals surface area contributed by atoms with E-state index in [0.29, 0.717) is 6.42 Å². The zero-order chi connectivity index (χ0) is 25.0. The molecule has 1 aliphatic rings. The van der Waals surface area contributed by atoms with E-state index >= 15 is 0 Å². The first-order valence-electron chi connectivity index (χ1n) is 7.61. The van der Waals surface area contributed by atoms with Crippen molar-refractivity contribution in [1.82, 2.24) is 5.32 Å². The van der Waals surface area contributed by atoms with Crippen molar-refractivity contribution in [2.24, 2.45) is 5.41 Å². The summed E-state index contributed by atoms with van der Waals surface area (Å²) in [7, 11) is 0.200. The number of amides is 1. The standard InChI is InChI=1S/C14H25NO2Si.5CO.W/c1-14(2,3)13-10(9-17-4)11(18(5,6)7)8-12(16)15-13;5*1-2;/h13H,8H2,1-7H3,(H,15,16);;;;;;. The van der Waals surface area contributed by atoms with Gasteiger partial charge in [0.1, 0.15) is 0 Å². The molecule has 0 radical (unpaired) electrons. The normalized spacial score (nSPS) is 14.4. The topological polar surface area (TPSA) is 138 Å². The van der Waals surface area contributed by atoms with Crippen molar-refractivity contribution in [3.63, 3.8) is 0 Å². The average molecular weight is 591 g/mol. The maximum atomic E-state index is 12.1. The Labute approximate surface area is 184 Å². The molecular formula is C19H25NO7SiW. The van der Waals surface area contributed by atoms with Crippen LogP contribution in [0.5, 0.6) is 0 Å². The van der Waals surface area contributed by atoms with E-state index in [-0.39, 0.29) is 17.4 Å². The molecule has 0 spiro atoms. The summed E-state index contributed by atoms with van der Waals surface area (Å²) in [5.74, 6) is 0.153. The Kier molecular flexibility index (Phi) is 28.2. The van der Waals surface area contributed by atoms with Crippen LogP contribution in [0.15, 0.2) is 10.8 Å². The van der Waals surface area contributed by atoms with Gasteiger partial charge in [-0.15, -0.1) is 0 Å². The monoisotopic (exact) mass is 591 g/mol. The molecule has 1 unspecified atom stereocenters. The van der Waals surface area contributed by atoms with Gasteiger partial charge in [-0.2, -0.15) is 0 Å². The van der Waals surface area contributed by atoms with Crippen LogP contribution in [0.2, 0.25) is 19.6 Å². The molecule has 158 valence electrons. The molecule has 1 aliphatic heterocycles. The predicted molar refractivity (Wildman–Crippen MR) is 98.0 cm³/mol. The van der Waals surface area contributed by atoms with Gasteiger partial charge in [-0.1, -0.05) is 0 Å². The van der Waals surface area contributed by atoms with Crippen molar-refractivity contribution < 1.29 is 52.1 Å². The molecule has 29 heavy (non-hydrogen) atoms. The Morgan fingerprint density at radius 1 is 1.00 bits per heavy atom. The van der Waals surface area contributed by atoms with Crippen LogP contribution >= 0.6 is 0 Å². The van der Waals surface area contributed by atoms with Gasteiger partial charge in [0, 0.05) is 0 Å². The molecule has 8 nitrogen and oxygen atoms in total. The second kappa shape index (κ2) is 21.4. The molecule has 0 bridgehead atoms. The van der Waals surface area contributed by atoms with Gasteiger partial charge in [-0.25, -0.2) is 0 Å². The third-order valence-electron chi connectivity index (χ3n) is 3.43. The van der Waals surface area contributed by atoms with Crippen molar-refractivity contribution in [3.05, 3.63) is 44.0 Å². The molecule has 10 heteroatoms. The summed E-state index contributed by atoms with van der Waals surface area (Å²) in [6.07, 6.45) is 0.539. The van der Waals surface area contributed by atoms with E-state index in [0.717, 1.165) is 4.08 Å². The quantitative estimate of drug-likeness (QED) is 0.306. The van der Waals surface area contributed by atoms with Crippen LogP contribution in [0.1, 0.15) is 27.2 Å². The van der Waals surface area contributed by atoms with E-state index in [1.807, 2.05) is 0 Å². The van der Waals surface area contributed by atoms with Crippen molar-refractivity contribution in [2.45, 2.75) is 52.9 Å². The molecule has 0 aromatic heterocycles. The van der Waals surface area contributed by atoms with E-state index in [4.69, 9.17) is 28.0 Å². The molecule has 0 saturated heterocycles. The molecule has 0 aliphatic carbocycles. The van der Waals surface area contributed by atoms with Crippen molar-refractivity contribution in [2.75, 3.05) is 7.11 Å². The predicted octanol–water partition coefficient (Wildman–Crippen LogP) is 2.23. The van der Waals surface area contributed by atoms with Gasteiger partial charge in [0.15, 0.2) is 0 Å². The molecule has 1 amide bonds.